The van der Waals surface area contributed by atoms with Crippen molar-refractivity contribution in [1.29, 1.82) is 0 Å². The second-order valence-corrected chi connectivity index (χ2v) is 4.16. The van der Waals surface area contributed by atoms with E-state index in [0.717, 1.165) is 12.1 Å². The third kappa shape index (κ3) is 2.61. The maximum absolute atomic E-state index is 13.3. The maximum Gasteiger partial charge on any atom is 0.227 e. The van der Waals surface area contributed by atoms with Crippen LogP contribution in [0.5, 0.6) is 0 Å². The molecule has 1 atom stereocenters. The van der Waals surface area contributed by atoms with Crippen molar-refractivity contribution in [3.05, 3.63) is 35.4 Å². The summed E-state index contributed by atoms with van der Waals surface area (Å²) in [6, 6.07) is 3.52. The molecule has 0 spiro atoms. The number of nitrogens with zero attached hydrogens (tertiary/aromatic N) is 1. The number of rotatable bonds is 2. The van der Waals surface area contributed by atoms with Gasteiger partial charge in [0.15, 0.2) is 0 Å². The number of β-amino-alcohol motifs (C(OH)–C–C–N with tert-alkyl or cyclic N) is 1. The summed E-state index contributed by atoms with van der Waals surface area (Å²) >= 11 is 0. The van der Waals surface area contributed by atoms with E-state index in [4.69, 9.17) is 0 Å². The molecule has 1 heterocycles. The lowest BCUT2D eigenvalue weighted by Gasteiger charge is -2.15. The van der Waals surface area contributed by atoms with Crippen LogP contribution in [0.25, 0.3) is 0 Å². The first-order valence-corrected chi connectivity index (χ1v) is 5.46. The van der Waals surface area contributed by atoms with Crippen LogP contribution in [0.3, 0.4) is 0 Å². The Balaban J connectivity index is 2.08. The van der Waals surface area contributed by atoms with Crippen molar-refractivity contribution in [3.63, 3.8) is 0 Å². The van der Waals surface area contributed by atoms with Gasteiger partial charge in [0.1, 0.15) is 11.6 Å². The Bertz CT molecular complexity index is 416. The number of hydrogen-bond acceptors (Lipinski definition) is 2. The highest BCUT2D eigenvalue weighted by Crippen LogP contribution is 2.16. The monoisotopic (exact) mass is 241 g/mol. The van der Waals surface area contributed by atoms with Gasteiger partial charge in [-0.3, -0.25) is 4.79 Å². The molecule has 0 saturated carbocycles. The van der Waals surface area contributed by atoms with Gasteiger partial charge in [0.2, 0.25) is 5.91 Å². The first-order valence-electron chi connectivity index (χ1n) is 5.46. The van der Waals surface area contributed by atoms with Crippen molar-refractivity contribution in [2.45, 2.75) is 18.9 Å². The summed E-state index contributed by atoms with van der Waals surface area (Å²) < 4.78 is 26.6. The number of halogens is 2. The van der Waals surface area contributed by atoms with E-state index < -0.39 is 17.7 Å². The molecule has 1 aromatic carbocycles. The van der Waals surface area contributed by atoms with Crippen LogP contribution in [0.4, 0.5) is 8.78 Å². The Morgan fingerprint density at radius 2 is 2.06 bits per heavy atom. The number of carbonyl (C=O) groups is 1. The zero-order chi connectivity index (χ0) is 12.4. The fraction of sp³-hybridized carbons (Fsp3) is 0.417. The number of amides is 1. The predicted molar refractivity (Wildman–Crippen MR) is 57.3 cm³/mol. The Hall–Kier alpha value is -1.49. The molecule has 0 aromatic heterocycles. The highest BCUT2D eigenvalue weighted by Gasteiger charge is 2.25. The Morgan fingerprint density at radius 3 is 2.59 bits per heavy atom. The van der Waals surface area contributed by atoms with E-state index in [9.17, 15) is 18.7 Å². The lowest BCUT2D eigenvalue weighted by molar-refractivity contribution is -0.129. The van der Waals surface area contributed by atoms with Crippen LogP contribution in [0.1, 0.15) is 12.0 Å². The smallest absolute Gasteiger partial charge is 0.227 e. The van der Waals surface area contributed by atoms with Gasteiger partial charge in [-0.05, 0) is 18.6 Å². The van der Waals surface area contributed by atoms with E-state index in [2.05, 4.69) is 0 Å². The standard InChI is InChI=1S/C12H13F2NO2/c13-10-2-1-3-11(14)9(10)6-12(17)15-5-4-8(16)7-15/h1-3,8,16H,4-7H2/t8-/m1/s1. The van der Waals surface area contributed by atoms with Crippen LogP contribution < -0.4 is 0 Å². The van der Waals surface area contributed by atoms with Gasteiger partial charge in [0, 0.05) is 18.7 Å². The first-order chi connectivity index (χ1) is 8.08. The molecule has 1 N–H and O–H groups in total. The average Bonchev–Trinajstić information content (AvgIpc) is 2.70. The van der Waals surface area contributed by atoms with Crippen LogP contribution in [0.2, 0.25) is 0 Å². The highest BCUT2D eigenvalue weighted by molar-refractivity contribution is 5.79. The summed E-state index contributed by atoms with van der Waals surface area (Å²) in [7, 11) is 0. The summed E-state index contributed by atoms with van der Waals surface area (Å²) in [5.74, 6) is -1.78. The second-order valence-electron chi connectivity index (χ2n) is 4.16. The molecule has 1 saturated heterocycles. The quantitative estimate of drug-likeness (QED) is 0.842. The number of aliphatic hydroxyl groups excluding tert-OH is 1. The molecule has 0 radical (unpaired) electrons. The molecule has 0 unspecified atom stereocenters. The molecule has 2 rings (SSSR count). The van der Waals surface area contributed by atoms with E-state index >= 15 is 0 Å². The number of aliphatic hydroxyl groups is 1. The maximum atomic E-state index is 13.3. The van der Waals surface area contributed by atoms with E-state index in [0.29, 0.717) is 13.0 Å². The van der Waals surface area contributed by atoms with E-state index in [1.807, 2.05) is 0 Å². The third-order valence-electron chi connectivity index (χ3n) is 2.91. The largest absolute Gasteiger partial charge is 0.391 e. The molecule has 1 aromatic rings. The number of benzene rings is 1. The summed E-state index contributed by atoms with van der Waals surface area (Å²) in [4.78, 5) is 13.2. The SMILES string of the molecule is O=C(Cc1c(F)cccc1F)N1CC[C@@H](O)C1. The minimum Gasteiger partial charge on any atom is -0.391 e. The summed E-state index contributed by atoms with van der Waals surface area (Å²) in [5.41, 5.74) is -0.209. The molecule has 0 aliphatic carbocycles. The molecular weight excluding hydrogens is 228 g/mol. The van der Waals surface area contributed by atoms with Gasteiger partial charge in [-0.2, -0.15) is 0 Å². The normalized spacial score (nSPS) is 19.7. The minimum absolute atomic E-state index is 0.209. The lowest BCUT2D eigenvalue weighted by Crippen LogP contribution is -2.31. The van der Waals surface area contributed by atoms with Crippen molar-refractivity contribution in [2.24, 2.45) is 0 Å². The molecule has 92 valence electrons. The topological polar surface area (TPSA) is 40.5 Å². The third-order valence-corrected chi connectivity index (χ3v) is 2.91. The van der Waals surface area contributed by atoms with Crippen molar-refractivity contribution in [3.8, 4) is 0 Å². The zero-order valence-corrected chi connectivity index (χ0v) is 9.20. The fourth-order valence-electron chi connectivity index (χ4n) is 1.93. The van der Waals surface area contributed by atoms with Gasteiger partial charge in [-0.25, -0.2) is 8.78 Å². The molecule has 1 fully saturated rings. The minimum atomic E-state index is -0.710. The Kier molecular flexibility index (Phi) is 3.38. The number of carbonyl (C=O) groups excluding carboxylic acids is 1. The van der Waals surface area contributed by atoms with Gasteiger partial charge in [-0.1, -0.05) is 6.07 Å². The molecule has 3 nitrogen and oxygen atoms in total. The molecule has 1 amide bonds. The summed E-state index contributed by atoms with van der Waals surface area (Å²) in [6.45, 7) is 0.685. The highest BCUT2D eigenvalue weighted by atomic mass is 19.1. The summed E-state index contributed by atoms with van der Waals surface area (Å²) in [6.07, 6.45) is -0.305. The van der Waals surface area contributed by atoms with Crippen LogP contribution in [-0.4, -0.2) is 35.1 Å². The predicted octanol–water partition coefficient (Wildman–Crippen LogP) is 1.10. The van der Waals surface area contributed by atoms with Crippen molar-refractivity contribution >= 4 is 5.91 Å². The Labute approximate surface area is 97.7 Å². The van der Waals surface area contributed by atoms with Gasteiger partial charge in [0.25, 0.3) is 0 Å². The van der Waals surface area contributed by atoms with Gasteiger partial charge < -0.3 is 10.0 Å². The number of likely N-dealkylation sites (tertiary alicyclic amines) is 1. The molecule has 0 bridgehead atoms. The van der Waals surface area contributed by atoms with E-state index in [1.165, 1.54) is 11.0 Å². The second kappa shape index (κ2) is 4.79. The zero-order valence-electron chi connectivity index (χ0n) is 9.20. The van der Waals surface area contributed by atoms with Crippen LogP contribution in [-0.2, 0) is 11.2 Å². The van der Waals surface area contributed by atoms with Gasteiger partial charge in [-0.15, -0.1) is 0 Å². The first kappa shape index (κ1) is 12.0. The molecule has 17 heavy (non-hydrogen) atoms. The van der Waals surface area contributed by atoms with Crippen molar-refractivity contribution in [2.75, 3.05) is 13.1 Å². The molecule has 1 aliphatic rings. The molecule has 1 aliphatic heterocycles. The van der Waals surface area contributed by atoms with Crippen LogP contribution in [0.15, 0.2) is 18.2 Å². The van der Waals surface area contributed by atoms with Gasteiger partial charge >= 0.3 is 0 Å². The molecular formula is C12H13F2NO2. The Morgan fingerprint density at radius 1 is 1.41 bits per heavy atom. The van der Waals surface area contributed by atoms with Gasteiger partial charge in [0.05, 0.1) is 12.5 Å². The molecule has 5 heteroatoms. The average molecular weight is 241 g/mol. The van der Waals surface area contributed by atoms with Crippen LogP contribution in [0, 0.1) is 11.6 Å². The fourth-order valence-corrected chi connectivity index (χ4v) is 1.93. The van der Waals surface area contributed by atoms with Crippen molar-refractivity contribution < 1.29 is 18.7 Å². The van der Waals surface area contributed by atoms with Crippen LogP contribution >= 0.6 is 0 Å². The number of hydrogen-bond donors (Lipinski definition) is 1. The van der Waals surface area contributed by atoms with E-state index in [-0.39, 0.29) is 24.4 Å². The van der Waals surface area contributed by atoms with Crippen molar-refractivity contribution in [1.82, 2.24) is 4.90 Å². The lowest BCUT2D eigenvalue weighted by atomic mass is 10.1. The van der Waals surface area contributed by atoms with E-state index in [1.54, 1.807) is 0 Å². The summed E-state index contributed by atoms with van der Waals surface area (Å²) in [5, 5.41) is 9.28.